The molecule has 0 N–H and O–H groups in total. The van der Waals surface area contributed by atoms with Crippen molar-refractivity contribution >= 4 is 121 Å². The molecular weight excluding hydrogens is 759 g/mol. The molecule has 1 aliphatic carbocycles. The van der Waals surface area contributed by atoms with Crippen molar-refractivity contribution in [3.8, 4) is 0 Å². The minimum Gasteiger partial charge on any atom is -0.310 e. The third kappa shape index (κ3) is 5.69. The van der Waals surface area contributed by atoms with E-state index in [0.29, 0.717) is 0 Å². The lowest BCUT2D eigenvalue weighted by Crippen LogP contribution is -2.10. The van der Waals surface area contributed by atoms with E-state index in [1.54, 1.807) is 5.57 Å². The Morgan fingerprint density at radius 3 is 1.37 bits per heavy atom. The molecule has 0 aliphatic heterocycles. The van der Waals surface area contributed by atoms with Gasteiger partial charge in [0.15, 0.2) is 0 Å². The van der Waals surface area contributed by atoms with Gasteiger partial charge >= 0.3 is 0 Å². The van der Waals surface area contributed by atoms with Crippen LogP contribution in [0.15, 0.2) is 181 Å². The van der Waals surface area contributed by atoms with Crippen LogP contribution in [0.25, 0.3) is 104 Å². The van der Waals surface area contributed by atoms with Gasteiger partial charge in [0.2, 0.25) is 0 Å². The van der Waals surface area contributed by atoms with Crippen LogP contribution in [0.2, 0.25) is 0 Å². The SMILES string of the molecule is Cc1ccc(C=Cc2ccc(N(c3ccc(C=C4CCCCC4)cc3)c3ccc4c5cccc6c5c(c5cccc3c45)c3cccc4c5cccc7cccc(c75)c6c43)cc2)cc1. The Morgan fingerprint density at radius 1 is 0.349 bits per heavy atom. The summed E-state index contributed by atoms with van der Waals surface area (Å²) < 4.78 is 0. The summed E-state index contributed by atoms with van der Waals surface area (Å²) in [7, 11) is 0. The minimum absolute atomic E-state index is 1.13. The molecule has 12 aromatic carbocycles. The number of hydrogen-bond acceptors (Lipinski definition) is 1. The van der Waals surface area contributed by atoms with Crippen LogP contribution in [-0.2, 0) is 0 Å². The number of rotatable bonds is 6. The summed E-state index contributed by atoms with van der Waals surface area (Å²) in [6, 6.07) is 66.5. The molecule has 0 bridgehead atoms. The van der Waals surface area contributed by atoms with Gasteiger partial charge in [0.05, 0.1) is 5.69 Å². The van der Waals surface area contributed by atoms with E-state index < -0.39 is 0 Å². The lowest BCUT2D eigenvalue weighted by atomic mass is 9.82. The van der Waals surface area contributed by atoms with E-state index >= 15 is 0 Å². The van der Waals surface area contributed by atoms with Crippen LogP contribution in [0.3, 0.4) is 0 Å². The van der Waals surface area contributed by atoms with E-state index in [1.165, 1.54) is 146 Å². The van der Waals surface area contributed by atoms with Gasteiger partial charge in [0.25, 0.3) is 0 Å². The number of aryl methyl sites for hydroxylation is 1. The summed E-state index contributed by atoms with van der Waals surface area (Å²) in [5, 5.41) is 21.2. The van der Waals surface area contributed by atoms with Crippen LogP contribution in [0.5, 0.6) is 0 Å². The van der Waals surface area contributed by atoms with E-state index in [0.717, 1.165) is 11.4 Å². The molecule has 1 fully saturated rings. The number of fused-ring (bicyclic) bond motifs is 6. The Hall–Kier alpha value is -7.48. The standard InChI is InChI=1S/C62H45N/c1-39-22-24-40(25-23-39)26-27-41-28-32-45(33-29-41)63(46-34-30-43(31-35-46)38-42-10-3-2-4-11-42)56-37-36-50-49-16-8-20-54-60(49)62(53-19-9-17-51(56)58(50)53)55-21-7-15-48-47-14-5-12-44-13-6-18-52(57(44)47)61(54)59(48)55/h5-9,12-38H,2-4,10-11H2,1H3. The van der Waals surface area contributed by atoms with E-state index in [1.807, 2.05) is 0 Å². The van der Waals surface area contributed by atoms with Gasteiger partial charge in [-0.2, -0.15) is 0 Å². The van der Waals surface area contributed by atoms with Gasteiger partial charge in [-0.05, 0) is 160 Å². The molecule has 0 atom stereocenters. The average Bonchev–Trinajstić information content (AvgIpc) is 3.33. The highest BCUT2D eigenvalue weighted by Crippen LogP contribution is 2.52. The van der Waals surface area contributed by atoms with E-state index in [-0.39, 0.29) is 0 Å². The van der Waals surface area contributed by atoms with Gasteiger partial charge in [-0.15, -0.1) is 0 Å². The van der Waals surface area contributed by atoms with Crippen molar-refractivity contribution in [2.24, 2.45) is 0 Å². The highest BCUT2D eigenvalue weighted by atomic mass is 15.1. The Kier molecular flexibility index (Phi) is 8.21. The van der Waals surface area contributed by atoms with Crippen molar-refractivity contribution in [2.45, 2.75) is 39.0 Å². The third-order valence-corrected chi connectivity index (χ3v) is 14.2. The predicted molar refractivity (Wildman–Crippen MR) is 275 cm³/mol. The fourth-order valence-electron chi connectivity index (χ4n) is 11.3. The zero-order valence-electron chi connectivity index (χ0n) is 35.5. The van der Waals surface area contributed by atoms with Gasteiger partial charge in [-0.3, -0.25) is 0 Å². The molecule has 0 heterocycles. The summed E-state index contributed by atoms with van der Waals surface area (Å²) in [6.07, 6.45) is 13.3. The average molecular weight is 804 g/mol. The maximum Gasteiger partial charge on any atom is 0.0540 e. The number of allylic oxidation sites excluding steroid dienone is 1. The number of benzene rings is 12. The molecule has 0 unspecified atom stereocenters. The summed E-state index contributed by atoms with van der Waals surface area (Å²) in [5.74, 6) is 0. The first-order valence-corrected chi connectivity index (χ1v) is 22.7. The Bertz CT molecular complexity index is 3780. The Labute approximate surface area is 367 Å². The molecule has 0 amide bonds. The van der Waals surface area contributed by atoms with Crippen LogP contribution >= 0.6 is 0 Å². The number of hydrogen-bond donors (Lipinski definition) is 0. The van der Waals surface area contributed by atoms with Crippen molar-refractivity contribution in [2.75, 3.05) is 4.90 Å². The predicted octanol–water partition coefficient (Wildman–Crippen LogP) is 18.1. The highest BCUT2D eigenvalue weighted by Gasteiger charge is 2.24. The molecule has 1 nitrogen and oxygen atoms in total. The van der Waals surface area contributed by atoms with Crippen LogP contribution in [0, 0.1) is 6.92 Å². The van der Waals surface area contributed by atoms with Crippen LogP contribution in [0.4, 0.5) is 17.1 Å². The Morgan fingerprint density at radius 2 is 0.778 bits per heavy atom. The fraction of sp³-hybridized carbons (Fsp3) is 0.0968. The molecule has 298 valence electrons. The van der Waals surface area contributed by atoms with Gasteiger partial charge < -0.3 is 4.90 Å². The quantitative estimate of drug-likeness (QED) is 0.0919. The highest BCUT2D eigenvalue weighted by molar-refractivity contribution is 6.47. The molecule has 0 spiro atoms. The molecule has 1 heteroatoms. The first kappa shape index (κ1) is 36.2. The van der Waals surface area contributed by atoms with Gasteiger partial charge in [0, 0.05) is 16.8 Å². The summed E-state index contributed by atoms with van der Waals surface area (Å²) in [6.45, 7) is 2.13. The molecule has 0 aromatic heterocycles. The second kappa shape index (κ2) is 14.3. The first-order valence-electron chi connectivity index (χ1n) is 22.7. The molecule has 12 aromatic rings. The topological polar surface area (TPSA) is 3.24 Å². The molecule has 1 saturated carbocycles. The van der Waals surface area contributed by atoms with Crippen LogP contribution < -0.4 is 4.90 Å². The molecule has 0 radical (unpaired) electrons. The maximum absolute atomic E-state index is 2.47. The molecule has 63 heavy (non-hydrogen) atoms. The largest absolute Gasteiger partial charge is 0.310 e. The van der Waals surface area contributed by atoms with Crippen molar-refractivity contribution in [1.29, 1.82) is 0 Å². The van der Waals surface area contributed by atoms with Gasteiger partial charge in [-0.1, -0.05) is 181 Å². The summed E-state index contributed by atoms with van der Waals surface area (Å²) in [5.41, 5.74) is 9.98. The maximum atomic E-state index is 2.47. The van der Waals surface area contributed by atoms with Gasteiger partial charge in [0.1, 0.15) is 0 Å². The van der Waals surface area contributed by atoms with Crippen molar-refractivity contribution in [3.05, 3.63) is 204 Å². The number of nitrogens with zero attached hydrogens (tertiary/aromatic N) is 1. The first-order chi connectivity index (χ1) is 31.2. The van der Waals surface area contributed by atoms with E-state index in [2.05, 4.69) is 206 Å². The molecule has 1 aliphatic rings. The van der Waals surface area contributed by atoms with Gasteiger partial charge in [-0.25, -0.2) is 0 Å². The van der Waals surface area contributed by atoms with Crippen molar-refractivity contribution in [3.63, 3.8) is 0 Å². The Balaban J connectivity index is 1.05. The zero-order valence-corrected chi connectivity index (χ0v) is 35.5. The third-order valence-electron chi connectivity index (χ3n) is 14.2. The summed E-state index contributed by atoms with van der Waals surface area (Å²) >= 11 is 0. The zero-order chi connectivity index (χ0) is 41.6. The van der Waals surface area contributed by atoms with Crippen LogP contribution in [-0.4, -0.2) is 0 Å². The molecule has 13 rings (SSSR count). The second-order valence-corrected chi connectivity index (χ2v) is 17.9. The van der Waals surface area contributed by atoms with Crippen molar-refractivity contribution in [1.82, 2.24) is 0 Å². The summed E-state index contributed by atoms with van der Waals surface area (Å²) in [4.78, 5) is 2.47. The molecule has 0 saturated heterocycles. The van der Waals surface area contributed by atoms with E-state index in [4.69, 9.17) is 0 Å². The number of anilines is 3. The molecular formula is C62H45N. The van der Waals surface area contributed by atoms with Crippen molar-refractivity contribution < 1.29 is 0 Å². The lowest BCUT2D eigenvalue weighted by molar-refractivity contribution is 0.602. The normalized spacial score (nSPS) is 13.7. The minimum atomic E-state index is 1.13. The smallest absolute Gasteiger partial charge is 0.0540 e. The fourth-order valence-corrected chi connectivity index (χ4v) is 11.3. The van der Waals surface area contributed by atoms with Crippen LogP contribution in [0.1, 0.15) is 54.4 Å². The monoisotopic (exact) mass is 803 g/mol. The second-order valence-electron chi connectivity index (χ2n) is 17.9. The van der Waals surface area contributed by atoms with E-state index in [9.17, 15) is 0 Å². The lowest BCUT2D eigenvalue weighted by Gasteiger charge is -2.28.